The molecule has 0 spiro atoms. The van der Waals surface area contributed by atoms with Gasteiger partial charge in [-0.25, -0.2) is 9.97 Å². The zero-order valence-corrected chi connectivity index (χ0v) is 17.4. The Morgan fingerprint density at radius 2 is 1.38 bits per heavy atom. The first-order valence-corrected chi connectivity index (χ1v) is 10.4. The molecule has 0 radical (unpaired) electrons. The number of anilines is 2. The number of benzene rings is 4. The topological polar surface area (TPSA) is 61.6 Å². The van der Waals surface area contributed by atoms with Crippen LogP contribution in [0.1, 0.15) is 5.56 Å². The molecule has 0 amide bonds. The van der Waals surface area contributed by atoms with Crippen molar-refractivity contribution in [1.82, 2.24) is 9.97 Å². The van der Waals surface area contributed by atoms with Crippen LogP contribution in [-0.4, -0.2) is 9.97 Å². The van der Waals surface area contributed by atoms with Gasteiger partial charge < -0.3 is 5.32 Å². The van der Waals surface area contributed by atoms with Crippen molar-refractivity contribution in [2.45, 2.75) is 6.42 Å². The first kappa shape index (κ1) is 19.5. The number of nitriles is 1. The third-order valence-electron chi connectivity index (χ3n) is 5.40. The molecular weight excluding hydrogens is 392 g/mol. The maximum atomic E-state index is 8.79. The largest absolute Gasteiger partial charge is 0.324 e. The summed E-state index contributed by atoms with van der Waals surface area (Å²) in [6.45, 7) is 0. The molecule has 0 saturated carbocycles. The highest BCUT2D eigenvalue weighted by Gasteiger charge is 2.05. The lowest BCUT2D eigenvalue weighted by atomic mass is 9.99. The van der Waals surface area contributed by atoms with Crippen molar-refractivity contribution in [1.29, 1.82) is 5.26 Å². The van der Waals surface area contributed by atoms with Crippen molar-refractivity contribution in [3.63, 3.8) is 0 Å². The molecule has 1 N–H and O–H groups in total. The molecule has 32 heavy (non-hydrogen) atoms. The summed E-state index contributed by atoms with van der Waals surface area (Å²) in [5.74, 6) is 0.547. The van der Waals surface area contributed by atoms with Crippen molar-refractivity contribution in [3.05, 3.63) is 109 Å². The Labute approximate surface area is 186 Å². The van der Waals surface area contributed by atoms with Crippen LogP contribution in [0.5, 0.6) is 0 Å². The number of fused-ring (bicyclic) bond motifs is 1. The van der Waals surface area contributed by atoms with Gasteiger partial charge in [-0.05, 0) is 52.1 Å². The molecular formula is C28H20N4. The SMILES string of the molecule is N#CCc1ccc(Nc2ncc3cc(-c4ccc(-c5ccccc5)cc4)ccc3n2)cc1. The zero-order chi connectivity index (χ0) is 21.8. The van der Waals surface area contributed by atoms with E-state index in [9.17, 15) is 0 Å². The van der Waals surface area contributed by atoms with Gasteiger partial charge in [0.25, 0.3) is 0 Å². The van der Waals surface area contributed by atoms with Crippen LogP contribution in [0.4, 0.5) is 11.6 Å². The summed E-state index contributed by atoms with van der Waals surface area (Å²) in [5.41, 5.74) is 7.47. The van der Waals surface area contributed by atoms with E-state index in [1.807, 2.05) is 42.6 Å². The van der Waals surface area contributed by atoms with Gasteiger partial charge in [-0.3, -0.25) is 0 Å². The van der Waals surface area contributed by atoms with E-state index >= 15 is 0 Å². The Morgan fingerprint density at radius 1 is 0.719 bits per heavy atom. The summed E-state index contributed by atoms with van der Waals surface area (Å²) in [7, 11) is 0. The molecule has 0 bridgehead atoms. The van der Waals surface area contributed by atoms with Gasteiger partial charge in [-0.1, -0.05) is 72.8 Å². The number of nitrogens with zero attached hydrogens (tertiary/aromatic N) is 3. The molecule has 5 rings (SSSR count). The number of nitrogens with one attached hydrogen (secondary N) is 1. The second-order valence-electron chi connectivity index (χ2n) is 7.57. The van der Waals surface area contributed by atoms with Crippen molar-refractivity contribution in [2.24, 2.45) is 0 Å². The molecule has 0 saturated heterocycles. The van der Waals surface area contributed by atoms with Crippen molar-refractivity contribution in [2.75, 3.05) is 5.32 Å². The minimum absolute atomic E-state index is 0.407. The van der Waals surface area contributed by atoms with Crippen molar-refractivity contribution < 1.29 is 0 Å². The molecule has 152 valence electrons. The number of rotatable bonds is 5. The predicted molar refractivity (Wildman–Crippen MR) is 129 cm³/mol. The molecule has 4 heteroatoms. The van der Waals surface area contributed by atoms with E-state index in [1.54, 1.807) is 0 Å². The predicted octanol–water partition coefficient (Wildman–Crippen LogP) is 6.77. The zero-order valence-electron chi connectivity index (χ0n) is 17.4. The lowest BCUT2D eigenvalue weighted by Crippen LogP contribution is -1.97. The molecule has 0 atom stereocenters. The molecule has 0 aliphatic carbocycles. The highest BCUT2D eigenvalue weighted by atomic mass is 15.1. The summed E-state index contributed by atoms with van der Waals surface area (Å²) in [6.07, 6.45) is 2.25. The normalized spacial score (nSPS) is 10.6. The third-order valence-corrected chi connectivity index (χ3v) is 5.40. The lowest BCUT2D eigenvalue weighted by Gasteiger charge is -2.08. The van der Waals surface area contributed by atoms with Crippen LogP contribution in [0.2, 0.25) is 0 Å². The first-order chi connectivity index (χ1) is 15.8. The molecule has 0 aliphatic rings. The number of hydrogen-bond donors (Lipinski definition) is 1. The highest BCUT2D eigenvalue weighted by Crippen LogP contribution is 2.27. The van der Waals surface area contributed by atoms with E-state index in [4.69, 9.17) is 5.26 Å². The second-order valence-corrected chi connectivity index (χ2v) is 7.57. The van der Waals surface area contributed by atoms with Crippen LogP contribution in [0.3, 0.4) is 0 Å². The Kier molecular flexibility index (Phi) is 5.30. The maximum Gasteiger partial charge on any atom is 0.227 e. The molecule has 5 aromatic rings. The first-order valence-electron chi connectivity index (χ1n) is 10.4. The minimum atomic E-state index is 0.407. The average molecular weight is 412 g/mol. The van der Waals surface area contributed by atoms with E-state index in [1.165, 1.54) is 11.1 Å². The summed E-state index contributed by atoms with van der Waals surface area (Å²) in [4.78, 5) is 9.12. The molecule has 0 unspecified atom stereocenters. The van der Waals surface area contributed by atoms with E-state index in [2.05, 4.69) is 82.0 Å². The Morgan fingerprint density at radius 3 is 2.09 bits per heavy atom. The van der Waals surface area contributed by atoms with Crippen molar-refractivity contribution >= 4 is 22.5 Å². The summed E-state index contributed by atoms with van der Waals surface area (Å²) in [5, 5.41) is 13.0. The average Bonchev–Trinajstić information content (AvgIpc) is 2.86. The van der Waals surface area contributed by atoms with Gasteiger partial charge in [0.2, 0.25) is 5.95 Å². The van der Waals surface area contributed by atoms with Crippen LogP contribution in [0, 0.1) is 11.3 Å². The Bertz CT molecular complexity index is 1400. The summed E-state index contributed by atoms with van der Waals surface area (Å²) < 4.78 is 0. The standard InChI is InChI=1S/C28H20N4/c29-17-16-20-6-13-26(14-7-20)31-28-30-19-25-18-24(12-15-27(25)32-28)23-10-8-22(9-11-23)21-4-2-1-3-5-21/h1-15,18-19H,16H2,(H,30,31,32). The van der Waals surface area contributed by atoms with Gasteiger partial charge in [-0.15, -0.1) is 0 Å². The van der Waals surface area contributed by atoms with E-state index in [-0.39, 0.29) is 0 Å². The van der Waals surface area contributed by atoms with Crippen LogP contribution in [-0.2, 0) is 6.42 Å². The molecule has 4 nitrogen and oxygen atoms in total. The quantitative estimate of drug-likeness (QED) is 0.346. The third kappa shape index (κ3) is 4.19. The van der Waals surface area contributed by atoms with Crippen molar-refractivity contribution in [3.8, 4) is 28.3 Å². The molecule has 1 heterocycles. The van der Waals surface area contributed by atoms with Crippen LogP contribution in [0.15, 0.2) is 103 Å². The Balaban J connectivity index is 1.36. The van der Waals surface area contributed by atoms with Crippen LogP contribution >= 0.6 is 0 Å². The van der Waals surface area contributed by atoms with Crippen LogP contribution < -0.4 is 5.32 Å². The number of hydrogen-bond acceptors (Lipinski definition) is 4. The minimum Gasteiger partial charge on any atom is -0.324 e. The highest BCUT2D eigenvalue weighted by molar-refractivity contribution is 5.85. The lowest BCUT2D eigenvalue weighted by molar-refractivity contribution is 1.21. The second kappa shape index (κ2) is 8.71. The van der Waals surface area contributed by atoms with E-state index in [0.29, 0.717) is 12.4 Å². The van der Waals surface area contributed by atoms with E-state index < -0.39 is 0 Å². The summed E-state index contributed by atoms with van der Waals surface area (Å²) in [6, 6.07) is 35.1. The fourth-order valence-electron chi connectivity index (χ4n) is 3.69. The number of aromatic nitrogens is 2. The van der Waals surface area contributed by atoms with Gasteiger partial charge in [-0.2, -0.15) is 5.26 Å². The Hall–Kier alpha value is -4.49. The fourth-order valence-corrected chi connectivity index (χ4v) is 3.69. The fraction of sp³-hybridized carbons (Fsp3) is 0.0357. The smallest absolute Gasteiger partial charge is 0.227 e. The summed E-state index contributed by atoms with van der Waals surface area (Å²) >= 11 is 0. The van der Waals surface area contributed by atoms with E-state index in [0.717, 1.165) is 33.3 Å². The monoisotopic (exact) mass is 412 g/mol. The van der Waals surface area contributed by atoms with Gasteiger partial charge in [0.1, 0.15) is 0 Å². The van der Waals surface area contributed by atoms with Crippen LogP contribution in [0.25, 0.3) is 33.2 Å². The molecule has 4 aromatic carbocycles. The molecule has 0 aliphatic heterocycles. The van der Waals surface area contributed by atoms with Gasteiger partial charge in [0.15, 0.2) is 0 Å². The van der Waals surface area contributed by atoms with Gasteiger partial charge in [0, 0.05) is 17.3 Å². The molecule has 0 fully saturated rings. The maximum absolute atomic E-state index is 8.79. The molecule has 1 aromatic heterocycles. The van der Waals surface area contributed by atoms with Gasteiger partial charge >= 0.3 is 0 Å². The van der Waals surface area contributed by atoms with Gasteiger partial charge in [0.05, 0.1) is 18.0 Å².